The largest absolute Gasteiger partial charge is 0.482 e. The number of rotatable bonds is 9. The first-order chi connectivity index (χ1) is 13.4. The lowest BCUT2D eigenvalue weighted by Crippen LogP contribution is -2.28. The maximum Gasteiger partial charge on any atom is 0.262 e. The van der Waals surface area contributed by atoms with Gasteiger partial charge in [-0.3, -0.25) is 4.79 Å². The zero-order valence-electron chi connectivity index (χ0n) is 15.9. The topological polar surface area (TPSA) is 99.5 Å². The third-order valence-electron chi connectivity index (χ3n) is 4.04. The van der Waals surface area contributed by atoms with E-state index in [1.807, 2.05) is 13.0 Å². The summed E-state index contributed by atoms with van der Waals surface area (Å²) in [6.45, 7) is 2.19. The number of nitrogens with one attached hydrogen (secondary N) is 1. The summed E-state index contributed by atoms with van der Waals surface area (Å²) in [7, 11) is -1.99. The van der Waals surface area contributed by atoms with Crippen LogP contribution in [-0.2, 0) is 14.8 Å². The summed E-state index contributed by atoms with van der Waals surface area (Å²) in [5, 5.41) is 11.7. The van der Waals surface area contributed by atoms with Gasteiger partial charge in [0.15, 0.2) is 6.61 Å². The molecule has 0 spiro atoms. The summed E-state index contributed by atoms with van der Waals surface area (Å²) in [4.78, 5) is 12.2. The van der Waals surface area contributed by atoms with Crippen molar-refractivity contribution in [3.63, 3.8) is 0 Å². The highest BCUT2D eigenvalue weighted by Gasteiger charge is 2.20. The quantitative estimate of drug-likeness (QED) is 0.696. The first-order valence-electron chi connectivity index (χ1n) is 8.86. The zero-order valence-corrected chi connectivity index (χ0v) is 16.7. The molecule has 1 N–H and O–H groups in total. The minimum absolute atomic E-state index is 0.170. The zero-order chi connectivity index (χ0) is 20.6. The van der Waals surface area contributed by atoms with E-state index in [4.69, 9.17) is 10.00 Å². The molecular formula is C20H23N3O4S. The van der Waals surface area contributed by atoms with E-state index in [1.54, 1.807) is 31.3 Å². The highest BCUT2D eigenvalue weighted by atomic mass is 32.2. The molecule has 0 aliphatic rings. The van der Waals surface area contributed by atoms with E-state index < -0.39 is 15.9 Å². The van der Waals surface area contributed by atoms with Crippen molar-refractivity contribution in [2.75, 3.05) is 25.5 Å². The first-order valence-corrected chi connectivity index (χ1v) is 10.3. The van der Waals surface area contributed by atoms with Gasteiger partial charge in [0.1, 0.15) is 11.8 Å². The Balaban J connectivity index is 1.96. The second-order valence-corrected chi connectivity index (χ2v) is 8.19. The summed E-state index contributed by atoms with van der Waals surface area (Å²) < 4.78 is 31.7. The number of para-hydroxylation sites is 1. The van der Waals surface area contributed by atoms with Gasteiger partial charge < -0.3 is 10.1 Å². The van der Waals surface area contributed by atoms with Crippen molar-refractivity contribution in [3.05, 3.63) is 54.1 Å². The van der Waals surface area contributed by atoms with Crippen molar-refractivity contribution < 1.29 is 17.9 Å². The Morgan fingerprint density at radius 3 is 2.50 bits per heavy atom. The molecule has 2 aromatic carbocycles. The Labute approximate surface area is 165 Å². The Morgan fingerprint density at radius 2 is 1.86 bits per heavy atom. The van der Waals surface area contributed by atoms with Crippen molar-refractivity contribution in [1.29, 1.82) is 5.26 Å². The minimum Gasteiger partial charge on any atom is -0.482 e. The van der Waals surface area contributed by atoms with Crippen LogP contribution in [0.3, 0.4) is 0 Å². The van der Waals surface area contributed by atoms with Crippen LogP contribution in [0.1, 0.15) is 25.3 Å². The third-order valence-corrected chi connectivity index (χ3v) is 5.91. The van der Waals surface area contributed by atoms with Crippen molar-refractivity contribution in [1.82, 2.24) is 4.31 Å². The monoisotopic (exact) mass is 401 g/mol. The van der Waals surface area contributed by atoms with Gasteiger partial charge in [0.05, 0.1) is 10.5 Å². The summed E-state index contributed by atoms with van der Waals surface area (Å²) in [6.07, 6.45) is 1.70. The predicted octanol–water partition coefficient (Wildman–Crippen LogP) is 3.00. The van der Waals surface area contributed by atoms with Crippen LogP contribution in [0, 0.1) is 11.3 Å². The number of sulfonamides is 1. The molecule has 1 amide bonds. The molecule has 7 nitrogen and oxygen atoms in total. The Bertz CT molecular complexity index is 950. The number of hydrogen-bond acceptors (Lipinski definition) is 5. The molecule has 0 fully saturated rings. The molecule has 148 valence electrons. The van der Waals surface area contributed by atoms with Gasteiger partial charge in [-0.1, -0.05) is 25.5 Å². The normalized spacial score (nSPS) is 11.1. The maximum absolute atomic E-state index is 12.5. The molecular weight excluding hydrogens is 378 g/mol. The Hall–Kier alpha value is -2.89. The number of carbonyl (C=O) groups excluding carboxylic acids is 1. The van der Waals surface area contributed by atoms with Crippen LogP contribution in [0.15, 0.2) is 53.4 Å². The van der Waals surface area contributed by atoms with Gasteiger partial charge >= 0.3 is 0 Å². The number of benzene rings is 2. The van der Waals surface area contributed by atoms with E-state index in [1.165, 1.54) is 28.6 Å². The van der Waals surface area contributed by atoms with Gasteiger partial charge in [-0.2, -0.15) is 5.26 Å². The molecule has 28 heavy (non-hydrogen) atoms. The number of carbonyl (C=O) groups is 1. The fourth-order valence-electron chi connectivity index (χ4n) is 2.42. The molecule has 0 aliphatic carbocycles. The van der Waals surface area contributed by atoms with Crippen LogP contribution in [0.25, 0.3) is 0 Å². The van der Waals surface area contributed by atoms with Gasteiger partial charge in [-0.05, 0) is 42.8 Å². The average Bonchev–Trinajstić information content (AvgIpc) is 2.71. The third kappa shape index (κ3) is 5.55. The van der Waals surface area contributed by atoms with Crippen LogP contribution >= 0.6 is 0 Å². The second-order valence-electron chi connectivity index (χ2n) is 6.15. The molecule has 0 aliphatic heterocycles. The number of hydrogen-bond donors (Lipinski definition) is 1. The highest BCUT2D eigenvalue weighted by Crippen LogP contribution is 2.19. The molecule has 0 unspecified atom stereocenters. The summed E-state index contributed by atoms with van der Waals surface area (Å²) in [6, 6.07) is 14.6. The van der Waals surface area contributed by atoms with Gasteiger partial charge in [-0.25, -0.2) is 12.7 Å². The van der Waals surface area contributed by atoms with Crippen LogP contribution in [0.5, 0.6) is 5.75 Å². The predicted molar refractivity (Wildman–Crippen MR) is 106 cm³/mol. The Morgan fingerprint density at radius 1 is 1.18 bits per heavy atom. The highest BCUT2D eigenvalue weighted by molar-refractivity contribution is 7.89. The van der Waals surface area contributed by atoms with E-state index in [9.17, 15) is 13.2 Å². The number of nitrogens with zero attached hydrogens (tertiary/aromatic N) is 2. The average molecular weight is 401 g/mol. The molecule has 0 saturated heterocycles. The van der Waals surface area contributed by atoms with Crippen LogP contribution in [0.4, 0.5) is 5.69 Å². The molecule has 2 rings (SSSR count). The lowest BCUT2D eigenvalue weighted by Gasteiger charge is -2.17. The molecule has 0 aromatic heterocycles. The van der Waals surface area contributed by atoms with Crippen molar-refractivity contribution in [2.45, 2.75) is 24.7 Å². The lowest BCUT2D eigenvalue weighted by molar-refractivity contribution is -0.118. The SMILES string of the molecule is CCCCN(C)S(=O)(=O)c1ccc(NC(=O)COc2ccccc2C#N)cc1. The van der Waals surface area contributed by atoms with E-state index in [2.05, 4.69) is 5.32 Å². The van der Waals surface area contributed by atoms with Gasteiger partial charge in [0.25, 0.3) is 5.91 Å². The van der Waals surface area contributed by atoms with Crippen molar-refractivity contribution >= 4 is 21.6 Å². The fraction of sp³-hybridized carbons (Fsp3) is 0.300. The van der Waals surface area contributed by atoms with E-state index in [0.29, 0.717) is 23.5 Å². The van der Waals surface area contributed by atoms with Crippen molar-refractivity contribution in [2.24, 2.45) is 0 Å². The molecule has 0 bridgehead atoms. The molecule has 0 heterocycles. The van der Waals surface area contributed by atoms with Gasteiger partial charge in [0.2, 0.25) is 10.0 Å². The van der Waals surface area contributed by atoms with Crippen LogP contribution in [-0.4, -0.2) is 38.8 Å². The second kappa shape index (κ2) is 9.88. The van der Waals surface area contributed by atoms with E-state index >= 15 is 0 Å². The smallest absolute Gasteiger partial charge is 0.262 e. The van der Waals surface area contributed by atoms with Crippen molar-refractivity contribution in [3.8, 4) is 11.8 Å². The number of anilines is 1. The first kappa shape index (κ1) is 21.4. The molecule has 2 aromatic rings. The maximum atomic E-state index is 12.5. The minimum atomic E-state index is -3.55. The van der Waals surface area contributed by atoms with Crippen LogP contribution < -0.4 is 10.1 Å². The number of unbranched alkanes of at least 4 members (excludes halogenated alkanes) is 1. The standard InChI is InChI=1S/C20H23N3O4S/c1-3-4-13-23(2)28(25,26)18-11-9-17(10-12-18)22-20(24)15-27-19-8-6-5-7-16(19)14-21/h5-12H,3-4,13,15H2,1-2H3,(H,22,24). The Kier molecular flexibility index (Phi) is 7.55. The molecule has 0 atom stereocenters. The molecule has 8 heteroatoms. The molecule has 0 saturated carbocycles. The van der Waals surface area contributed by atoms with Crippen LogP contribution in [0.2, 0.25) is 0 Å². The summed E-state index contributed by atoms with van der Waals surface area (Å²) >= 11 is 0. The van der Waals surface area contributed by atoms with E-state index in [0.717, 1.165) is 12.8 Å². The fourth-order valence-corrected chi connectivity index (χ4v) is 3.63. The van der Waals surface area contributed by atoms with E-state index in [-0.39, 0.29) is 11.5 Å². The number of amides is 1. The summed E-state index contributed by atoms with van der Waals surface area (Å²) in [5.74, 6) is -0.0832. The lowest BCUT2D eigenvalue weighted by atomic mass is 10.2. The number of ether oxygens (including phenoxy) is 1. The van der Waals surface area contributed by atoms with Gasteiger partial charge in [0, 0.05) is 19.3 Å². The number of nitriles is 1. The van der Waals surface area contributed by atoms with Gasteiger partial charge in [-0.15, -0.1) is 0 Å². The molecule has 0 radical (unpaired) electrons. The summed E-state index contributed by atoms with van der Waals surface area (Å²) in [5.41, 5.74) is 0.800.